The van der Waals surface area contributed by atoms with E-state index in [-0.39, 0.29) is 18.5 Å². The summed E-state index contributed by atoms with van der Waals surface area (Å²) in [5, 5.41) is 5.14. The van der Waals surface area contributed by atoms with Gasteiger partial charge in [0.25, 0.3) is 5.91 Å². The second kappa shape index (κ2) is 8.81. The highest BCUT2D eigenvalue weighted by atomic mass is 16.5. The van der Waals surface area contributed by atoms with E-state index in [0.717, 1.165) is 17.1 Å². The smallest absolute Gasteiger partial charge is 0.341 e. The Labute approximate surface area is 197 Å². The van der Waals surface area contributed by atoms with Crippen LogP contribution in [0.2, 0.25) is 0 Å². The van der Waals surface area contributed by atoms with Crippen molar-refractivity contribution in [2.24, 2.45) is 0 Å². The molecule has 0 saturated heterocycles. The molecule has 0 aliphatic rings. The van der Waals surface area contributed by atoms with E-state index in [4.69, 9.17) is 18.6 Å². The average molecular weight is 465 g/mol. The predicted molar refractivity (Wildman–Crippen MR) is 126 cm³/mol. The Hall–Kier alpha value is -3.88. The largest absolute Gasteiger partial charge is 0.466 e. The maximum absolute atomic E-state index is 13.6. The molecule has 34 heavy (non-hydrogen) atoms. The third-order valence-electron chi connectivity index (χ3n) is 5.72. The Morgan fingerprint density at radius 3 is 2.44 bits per heavy atom. The van der Waals surface area contributed by atoms with E-state index in [0.29, 0.717) is 39.4 Å². The SMILES string of the molecule is COC(=O)c1cc(CN(C)C(=O)c2cc(-c3cc(C)oc3C)nc3c2cnn3C(C)C)oc1C. The quantitative estimate of drug-likeness (QED) is 0.376. The summed E-state index contributed by atoms with van der Waals surface area (Å²) in [5.41, 5.74) is 2.92. The van der Waals surface area contributed by atoms with Crippen molar-refractivity contribution in [3.63, 3.8) is 0 Å². The number of amides is 1. The topological polar surface area (TPSA) is 104 Å². The number of aromatic nitrogens is 3. The maximum Gasteiger partial charge on any atom is 0.341 e. The molecule has 4 rings (SSSR count). The fourth-order valence-electron chi connectivity index (χ4n) is 4.04. The lowest BCUT2D eigenvalue weighted by molar-refractivity contribution is 0.0598. The number of ether oxygens (including phenoxy) is 1. The van der Waals surface area contributed by atoms with Crippen LogP contribution in [0.4, 0.5) is 0 Å². The molecule has 0 aliphatic carbocycles. The monoisotopic (exact) mass is 464 g/mol. The molecule has 1 amide bonds. The lowest BCUT2D eigenvalue weighted by Gasteiger charge is -2.17. The number of rotatable bonds is 6. The Balaban J connectivity index is 1.76. The fourth-order valence-corrected chi connectivity index (χ4v) is 4.04. The second-order valence-corrected chi connectivity index (χ2v) is 8.64. The molecule has 0 bridgehead atoms. The van der Waals surface area contributed by atoms with E-state index in [1.807, 2.05) is 33.8 Å². The summed E-state index contributed by atoms with van der Waals surface area (Å²) in [7, 11) is 3.00. The Bertz CT molecular complexity index is 1390. The van der Waals surface area contributed by atoms with Crippen LogP contribution in [0.5, 0.6) is 0 Å². The summed E-state index contributed by atoms with van der Waals surface area (Å²) in [6.45, 7) is 9.64. The van der Waals surface area contributed by atoms with Crippen molar-refractivity contribution >= 4 is 22.9 Å². The third kappa shape index (κ3) is 4.09. The zero-order valence-corrected chi connectivity index (χ0v) is 20.4. The van der Waals surface area contributed by atoms with E-state index in [9.17, 15) is 9.59 Å². The molecule has 0 fully saturated rings. The number of aryl methyl sites for hydroxylation is 3. The zero-order chi connectivity index (χ0) is 24.7. The molecule has 4 aromatic heterocycles. The minimum atomic E-state index is -0.478. The third-order valence-corrected chi connectivity index (χ3v) is 5.72. The number of pyridine rings is 1. The fraction of sp³-hybridized carbons (Fsp3) is 0.360. The van der Waals surface area contributed by atoms with Crippen molar-refractivity contribution in [3.8, 4) is 11.3 Å². The van der Waals surface area contributed by atoms with E-state index in [1.54, 1.807) is 37.0 Å². The first-order chi connectivity index (χ1) is 16.1. The first-order valence-electron chi connectivity index (χ1n) is 11.0. The Morgan fingerprint density at radius 1 is 1.09 bits per heavy atom. The number of furan rings is 2. The predicted octanol–water partition coefficient (Wildman–Crippen LogP) is 4.85. The molecule has 0 atom stereocenters. The van der Waals surface area contributed by atoms with Crippen LogP contribution in [0.3, 0.4) is 0 Å². The van der Waals surface area contributed by atoms with Crippen LogP contribution in [-0.2, 0) is 11.3 Å². The maximum atomic E-state index is 13.6. The number of esters is 1. The standard InChI is InChI=1S/C25H28N4O5/c1-13(2)29-23-21(11-26-29)20(10-22(27-23)18-8-14(3)33-15(18)4)24(30)28(6)12-17-9-19(16(5)34-17)25(31)32-7/h8-11,13H,12H2,1-7H3. The Kier molecular flexibility index (Phi) is 6.03. The zero-order valence-electron chi connectivity index (χ0n) is 20.4. The van der Waals surface area contributed by atoms with Crippen molar-refractivity contribution in [2.45, 2.75) is 47.2 Å². The van der Waals surface area contributed by atoms with E-state index >= 15 is 0 Å². The van der Waals surface area contributed by atoms with E-state index in [1.165, 1.54) is 12.0 Å². The van der Waals surface area contributed by atoms with Gasteiger partial charge in [0.2, 0.25) is 0 Å². The van der Waals surface area contributed by atoms with Gasteiger partial charge in [0, 0.05) is 18.7 Å². The molecule has 9 nitrogen and oxygen atoms in total. The van der Waals surface area contributed by atoms with Crippen LogP contribution < -0.4 is 0 Å². The van der Waals surface area contributed by atoms with Gasteiger partial charge in [-0.15, -0.1) is 0 Å². The normalized spacial score (nSPS) is 11.4. The van der Waals surface area contributed by atoms with Gasteiger partial charge in [-0.05, 0) is 52.8 Å². The van der Waals surface area contributed by atoms with Crippen LogP contribution in [0.25, 0.3) is 22.3 Å². The molecular formula is C25H28N4O5. The molecule has 9 heteroatoms. The average Bonchev–Trinajstić information content (AvgIpc) is 3.47. The van der Waals surface area contributed by atoms with Crippen molar-refractivity contribution in [1.82, 2.24) is 19.7 Å². The molecule has 0 spiro atoms. The van der Waals surface area contributed by atoms with Gasteiger partial charge in [-0.3, -0.25) is 4.79 Å². The van der Waals surface area contributed by atoms with Crippen LogP contribution in [0.15, 0.2) is 33.2 Å². The number of nitrogens with zero attached hydrogens (tertiary/aromatic N) is 4. The lowest BCUT2D eigenvalue weighted by Crippen LogP contribution is -2.26. The minimum absolute atomic E-state index is 0.0657. The number of hydrogen-bond donors (Lipinski definition) is 0. The number of fused-ring (bicyclic) bond motifs is 1. The molecule has 178 valence electrons. The highest BCUT2D eigenvalue weighted by Crippen LogP contribution is 2.31. The van der Waals surface area contributed by atoms with Gasteiger partial charge in [0.15, 0.2) is 5.65 Å². The molecule has 0 unspecified atom stereocenters. The van der Waals surface area contributed by atoms with Crippen molar-refractivity contribution < 1.29 is 23.2 Å². The lowest BCUT2D eigenvalue weighted by atomic mass is 10.1. The van der Waals surface area contributed by atoms with Crippen molar-refractivity contribution in [2.75, 3.05) is 14.2 Å². The van der Waals surface area contributed by atoms with Gasteiger partial charge in [0.05, 0.1) is 36.5 Å². The second-order valence-electron chi connectivity index (χ2n) is 8.64. The molecule has 0 aromatic carbocycles. The van der Waals surface area contributed by atoms with Gasteiger partial charge in [0.1, 0.15) is 28.6 Å². The van der Waals surface area contributed by atoms with Crippen molar-refractivity contribution in [1.29, 1.82) is 0 Å². The molecule has 0 radical (unpaired) electrons. The molecule has 0 N–H and O–H groups in total. The molecule has 4 aromatic rings. The van der Waals surface area contributed by atoms with Gasteiger partial charge in [-0.2, -0.15) is 5.10 Å². The first-order valence-corrected chi connectivity index (χ1v) is 11.0. The van der Waals surface area contributed by atoms with E-state index < -0.39 is 5.97 Å². The molecular weight excluding hydrogens is 436 g/mol. The van der Waals surface area contributed by atoms with Crippen LogP contribution in [0, 0.1) is 20.8 Å². The highest BCUT2D eigenvalue weighted by molar-refractivity contribution is 6.06. The summed E-state index contributed by atoms with van der Waals surface area (Å²) in [4.78, 5) is 31.9. The van der Waals surface area contributed by atoms with Crippen LogP contribution in [-0.4, -0.2) is 45.7 Å². The summed E-state index contributed by atoms with van der Waals surface area (Å²) in [6, 6.07) is 5.36. The highest BCUT2D eigenvalue weighted by Gasteiger charge is 2.24. The van der Waals surface area contributed by atoms with Gasteiger partial charge in [-0.1, -0.05) is 0 Å². The van der Waals surface area contributed by atoms with Gasteiger partial charge >= 0.3 is 5.97 Å². The van der Waals surface area contributed by atoms with Gasteiger partial charge < -0.3 is 18.5 Å². The summed E-state index contributed by atoms with van der Waals surface area (Å²) < 4.78 is 18.0. The van der Waals surface area contributed by atoms with Crippen LogP contribution >= 0.6 is 0 Å². The first kappa shape index (κ1) is 23.3. The molecule has 0 aliphatic heterocycles. The number of hydrogen-bond acceptors (Lipinski definition) is 7. The molecule has 4 heterocycles. The molecule has 0 saturated carbocycles. The summed E-state index contributed by atoms with van der Waals surface area (Å²) >= 11 is 0. The van der Waals surface area contributed by atoms with E-state index in [2.05, 4.69) is 5.10 Å². The number of carbonyl (C=O) groups excluding carboxylic acids is 2. The number of methoxy groups -OCH3 is 1. The number of carbonyl (C=O) groups is 2. The minimum Gasteiger partial charge on any atom is -0.466 e. The van der Waals surface area contributed by atoms with Crippen LogP contribution in [0.1, 0.15) is 63.6 Å². The summed E-state index contributed by atoms with van der Waals surface area (Å²) in [5.74, 6) is 1.73. The Morgan fingerprint density at radius 2 is 1.82 bits per heavy atom. The summed E-state index contributed by atoms with van der Waals surface area (Å²) in [6.07, 6.45) is 1.67. The van der Waals surface area contributed by atoms with Gasteiger partial charge in [-0.25, -0.2) is 14.5 Å². The van der Waals surface area contributed by atoms with Crippen molar-refractivity contribution in [3.05, 3.63) is 58.6 Å².